The summed E-state index contributed by atoms with van der Waals surface area (Å²) in [5, 5.41) is 3.30. The van der Waals surface area contributed by atoms with Gasteiger partial charge in [0, 0.05) is 25.6 Å². The molecule has 0 spiro atoms. The molecule has 2 nitrogen and oxygen atoms in total. The van der Waals surface area contributed by atoms with Crippen LogP contribution in [-0.4, -0.2) is 26.8 Å². The van der Waals surface area contributed by atoms with E-state index in [0.717, 1.165) is 18.7 Å². The number of benzene rings is 1. The van der Waals surface area contributed by atoms with E-state index in [2.05, 4.69) is 18.8 Å². The molecule has 0 fully saturated rings. The molecular weight excluding hydrogens is 229 g/mol. The molecule has 1 unspecified atom stereocenters. The minimum atomic E-state index is -0.157. The third-order valence-electron chi connectivity index (χ3n) is 3.06. The summed E-state index contributed by atoms with van der Waals surface area (Å²) in [6.45, 7) is 8.16. The van der Waals surface area contributed by atoms with Gasteiger partial charge in [0.1, 0.15) is 5.82 Å². The third kappa shape index (κ3) is 4.59. The minimum Gasteiger partial charge on any atom is -0.383 e. The SMILES string of the molecule is C=CC(C)(CNCCOC)Cc1ccccc1F. The van der Waals surface area contributed by atoms with E-state index in [-0.39, 0.29) is 11.2 Å². The molecule has 0 saturated carbocycles. The maximum absolute atomic E-state index is 13.6. The molecule has 0 amide bonds. The summed E-state index contributed by atoms with van der Waals surface area (Å²) in [6.07, 6.45) is 2.53. The number of ether oxygens (including phenoxy) is 1. The van der Waals surface area contributed by atoms with E-state index in [0.29, 0.717) is 13.0 Å². The Morgan fingerprint density at radius 1 is 1.44 bits per heavy atom. The summed E-state index contributed by atoms with van der Waals surface area (Å²) in [6, 6.07) is 6.89. The summed E-state index contributed by atoms with van der Waals surface area (Å²) in [5.41, 5.74) is 0.573. The molecule has 3 heteroatoms. The number of rotatable bonds is 8. The van der Waals surface area contributed by atoms with Crippen LogP contribution in [0.1, 0.15) is 12.5 Å². The van der Waals surface area contributed by atoms with Crippen LogP contribution in [0.3, 0.4) is 0 Å². The van der Waals surface area contributed by atoms with Crippen LogP contribution < -0.4 is 5.32 Å². The van der Waals surface area contributed by atoms with Crippen LogP contribution in [0.4, 0.5) is 4.39 Å². The minimum absolute atomic E-state index is 0.150. The van der Waals surface area contributed by atoms with E-state index < -0.39 is 0 Å². The molecule has 100 valence electrons. The lowest BCUT2D eigenvalue weighted by molar-refractivity contribution is 0.195. The first kappa shape index (κ1) is 14.9. The van der Waals surface area contributed by atoms with Crippen molar-refractivity contribution in [3.8, 4) is 0 Å². The summed E-state index contributed by atoms with van der Waals surface area (Å²) in [7, 11) is 1.67. The largest absolute Gasteiger partial charge is 0.383 e. The Labute approximate surface area is 109 Å². The molecule has 1 aromatic carbocycles. The van der Waals surface area contributed by atoms with Gasteiger partial charge in [-0.25, -0.2) is 4.39 Å². The molecule has 0 aliphatic carbocycles. The fraction of sp³-hybridized carbons (Fsp3) is 0.467. The zero-order chi connectivity index (χ0) is 13.4. The van der Waals surface area contributed by atoms with E-state index in [9.17, 15) is 4.39 Å². The summed E-state index contributed by atoms with van der Waals surface area (Å²) < 4.78 is 18.6. The van der Waals surface area contributed by atoms with Gasteiger partial charge in [-0.1, -0.05) is 31.2 Å². The Kier molecular flexibility index (Phi) is 6.02. The molecule has 0 saturated heterocycles. The smallest absolute Gasteiger partial charge is 0.126 e. The molecule has 1 N–H and O–H groups in total. The maximum atomic E-state index is 13.6. The Balaban J connectivity index is 2.59. The van der Waals surface area contributed by atoms with Crippen molar-refractivity contribution in [2.75, 3.05) is 26.8 Å². The van der Waals surface area contributed by atoms with Crippen LogP contribution in [0.2, 0.25) is 0 Å². The van der Waals surface area contributed by atoms with E-state index in [1.54, 1.807) is 13.2 Å². The monoisotopic (exact) mass is 251 g/mol. The molecule has 0 aromatic heterocycles. The van der Waals surface area contributed by atoms with Crippen molar-refractivity contribution in [3.05, 3.63) is 48.3 Å². The zero-order valence-electron chi connectivity index (χ0n) is 11.2. The second-order valence-corrected chi connectivity index (χ2v) is 4.80. The van der Waals surface area contributed by atoms with Crippen molar-refractivity contribution < 1.29 is 9.13 Å². The first-order chi connectivity index (χ1) is 8.61. The average Bonchev–Trinajstić information content (AvgIpc) is 2.38. The lowest BCUT2D eigenvalue weighted by Gasteiger charge is -2.26. The van der Waals surface area contributed by atoms with Gasteiger partial charge in [0.2, 0.25) is 0 Å². The molecule has 0 aliphatic rings. The number of hydrogen-bond donors (Lipinski definition) is 1. The molecule has 0 aliphatic heterocycles. The van der Waals surface area contributed by atoms with Gasteiger partial charge in [0.25, 0.3) is 0 Å². The fourth-order valence-corrected chi connectivity index (χ4v) is 1.83. The maximum Gasteiger partial charge on any atom is 0.126 e. The molecule has 1 atom stereocenters. The summed E-state index contributed by atoms with van der Waals surface area (Å²) in [5.74, 6) is -0.150. The summed E-state index contributed by atoms with van der Waals surface area (Å²) in [4.78, 5) is 0. The van der Waals surface area contributed by atoms with Crippen LogP contribution in [0.5, 0.6) is 0 Å². The molecule has 1 rings (SSSR count). The first-order valence-corrected chi connectivity index (χ1v) is 6.18. The van der Waals surface area contributed by atoms with Gasteiger partial charge in [-0.2, -0.15) is 0 Å². The van der Waals surface area contributed by atoms with Crippen LogP contribution in [0.15, 0.2) is 36.9 Å². The Morgan fingerprint density at radius 3 is 2.78 bits per heavy atom. The first-order valence-electron chi connectivity index (χ1n) is 6.18. The average molecular weight is 251 g/mol. The molecule has 18 heavy (non-hydrogen) atoms. The van der Waals surface area contributed by atoms with Gasteiger partial charge in [0.05, 0.1) is 6.61 Å². The molecule has 1 aromatic rings. The number of methoxy groups -OCH3 is 1. The van der Waals surface area contributed by atoms with Gasteiger partial charge in [-0.3, -0.25) is 0 Å². The van der Waals surface area contributed by atoms with Gasteiger partial charge < -0.3 is 10.1 Å². The second-order valence-electron chi connectivity index (χ2n) is 4.80. The standard InChI is InChI=1S/C15H22FNO/c1-4-15(2,12-17-9-10-18-3)11-13-7-5-6-8-14(13)16/h4-8,17H,1,9-12H2,2-3H3. The van der Waals surface area contributed by atoms with E-state index >= 15 is 0 Å². The Hall–Kier alpha value is -1.19. The second kappa shape index (κ2) is 7.29. The van der Waals surface area contributed by atoms with Crippen molar-refractivity contribution in [2.45, 2.75) is 13.3 Å². The lowest BCUT2D eigenvalue weighted by atomic mass is 9.83. The van der Waals surface area contributed by atoms with Gasteiger partial charge in [-0.15, -0.1) is 6.58 Å². The van der Waals surface area contributed by atoms with Gasteiger partial charge in [-0.05, 0) is 18.1 Å². The van der Waals surface area contributed by atoms with Crippen molar-refractivity contribution in [3.63, 3.8) is 0 Å². The highest BCUT2D eigenvalue weighted by molar-refractivity contribution is 5.20. The third-order valence-corrected chi connectivity index (χ3v) is 3.06. The highest BCUT2D eigenvalue weighted by atomic mass is 19.1. The van der Waals surface area contributed by atoms with Crippen LogP contribution in [-0.2, 0) is 11.2 Å². The molecule has 0 heterocycles. The lowest BCUT2D eigenvalue weighted by Crippen LogP contribution is -2.34. The fourth-order valence-electron chi connectivity index (χ4n) is 1.83. The van der Waals surface area contributed by atoms with E-state index in [1.165, 1.54) is 6.07 Å². The van der Waals surface area contributed by atoms with Crippen LogP contribution in [0, 0.1) is 11.2 Å². The van der Waals surface area contributed by atoms with Crippen molar-refractivity contribution >= 4 is 0 Å². The summed E-state index contributed by atoms with van der Waals surface area (Å²) >= 11 is 0. The quantitative estimate of drug-likeness (QED) is 0.566. The van der Waals surface area contributed by atoms with Crippen molar-refractivity contribution in [2.24, 2.45) is 5.41 Å². The van der Waals surface area contributed by atoms with Crippen molar-refractivity contribution in [1.82, 2.24) is 5.32 Å². The van der Waals surface area contributed by atoms with Gasteiger partial charge >= 0.3 is 0 Å². The van der Waals surface area contributed by atoms with Crippen LogP contribution in [0.25, 0.3) is 0 Å². The van der Waals surface area contributed by atoms with E-state index in [1.807, 2.05) is 18.2 Å². The van der Waals surface area contributed by atoms with E-state index in [4.69, 9.17) is 4.74 Å². The molecule has 0 radical (unpaired) electrons. The highest BCUT2D eigenvalue weighted by Gasteiger charge is 2.21. The number of nitrogens with one attached hydrogen (secondary N) is 1. The van der Waals surface area contributed by atoms with Crippen molar-refractivity contribution in [1.29, 1.82) is 0 Å². The Morgan fingerprint density at radius 2 is 2.17 bits per heavy atom. The Bertz CT molecular complexity index is 381. The van der Waals surface area contributed by atoms with Crippen LogP contribution >= 0.6 is 0 Å². The zero-order valence-corrected chi connectivity index (χ0v) is 11.2. The molecule has 0 bridgehead atoms. The number of hydrogen-bond acceptors (Lipinski definition) is 2. The highest BCUT2D eigenvalue weighted by Crippen LogP contribution is 2.24. The predicted molar refractivity (Wildman–Crippen MR) is 73.2 cm³/mol. The molecular formula is C15H22FNO. The predicted octanol–water partition coefficient (Wildman–Crippen LogP) is 2.80. The topological polar surface area (TPSA) is 21.3 Å². The van der Waals surface area contributed by atoms with Gasteiger partial charge in [0.15, 0.2) is 0 Å². The normalized spacial score (nSPS) is 14.2. The number of halogens is 1.